The summed E-state index contributed by atoms with van der Waals surface area (Å²) < 4.78 is 5.56. The van der Waals surface area contributed by atoms with Crippen LogP contribution in [0.1, 0.15) is 27.5 Å². The fourth-order valence-corrected chi connectivity index (χ4v) is 3.33. The lowest BCUT2D eigenvalue weighted by Crippen LogP contribution is -2.48. The molecule has 0 aliphatic carbocycles. The van der Waals surface area contributed by atoms with Crippen LogP contribution in [-0.2, 0) is 11.2 Å². The summed E-state index contributed by atoms with van der Waals surface area (Å²) in [5.41, 5.74) is 3.46. The summed E-state index contributed by atoms with van der Waals surface area (Å²) >= 11 is 1.40. The van der Waals surface area contributed by atoms with Gasteiger partial charge in [0.2, 0.25) is 0 Å². The Balaban J connectivity index is 1.69. The van der Waals surface area contributed by atoms with Crippen molar-refractivity contribution in [3.63, 3.8) is 0 Å². The minimum absolute atomic E-state index is 0.0624. The van der Waals surface area contributed by atoms with Gasteiger partial charge < -0.3 is 9.64 Å². The highest BCUT2D eigenvalue weighted by atomic mass is 32.1. The van der Waals surface area contributed by atoms with E-state index in [2.05, 4.69) is 15.0 Å². The molecular weight excluding hydrogens is 300 g/mol. The molecule has 116 valence electrons. The molecule has 0 saturated carbocycles. The maximum absolute atomic E-state index is 12.7. The predicted molar refractivity (Wildman–Crippen MR) is 82.8 cm³/mol. The van der Waals surface area contributed by atoms with Gasteiger partial charge in [-0.15, -0.1) is 11.3 Å². The van der Waals surface area contributed by atoms with Crippen LogP contribution in [-0.4, -0.2) is 51.6 Å². The average molecular weight is 318 g/mol. The Morgan fingerprint density at radius 1 is 1.45 bits per heavy atom. The molecule has 2 aromatic rings. The monoisotopic (exact) mass is 318 g/mol. The Morgan fingerprint density at radius 3 is 3.09 bits per heavy atom. The summed E-state index contributed by atoms with van der Waals surface area (Å²) in [6.07, 6.45) is 6.73. The van der Waals surface area contributed by atoms with Gasteiger partial charge in [0.1, 0.15) is 4.88 Å². The average Bonchev–Trinajstić information content (AvgIpc) is 2.99. The summed E-state index contributed by atoms with van der Waals surface area (Å²) in [7, 11) is 0. The largest absolute Gasteiger partial charge is 0.377 e. The van der Waals surface area contributed by atoms with Crippen LogP contribution in [0.3, 0.4) is 0 Å². The molecule has 0 radical (unpaired) electrons. The van der Waals surface area contributed by atoms with Crippen molar-refractivity contribution >= 4 is 17.2 Å². The fourth-order valence-electron chi connectivity index (χ4n) is 2.57. The van der Waals surface area contributed by atoms with E-state index < -0.39 is 0 Å². The van der Waals surface area contributed by atoms with E-state index in [-0.39, 0.29) is 11.9 Å². The van der Waals surface area contributed by atoms with Crippen molar-refractivity contribution in [3.05, 3.63) is 40.4 Å². The second-order valence-electron chi connectivity index (χ2n) is 5.23. The molecule has 6 nitrogen and oxygen atoms in total. The van der Waals surface area contributed by atoms with Crippen LogP contribution in [0.4, 0.5) is 0 Å². The molecule has 0 N–H and O–H groups in total. The number of ether oxygens (including phenoxy) is 1. The standard InChI is InChI=1S/C15H18N4O2S/c1-11-14(22-10-18-11)15(20)19-6-7-21-9-13(19)3-2-12-8-16-4-5-17-12/h4-5,8,10,13H,2-3,6-7,9H2,1H3/t13-/m1/s1. The Hall–Kier alpha value is -1.86. The molecule has 1 atom stereocenters. The Labute approximate surface area is 133 Å². The molecule has 1 saturated heterocycles. The van der Waals surface area contributed by atoms with E-state index in [9.17, 15) is 4.79 Å². The quantitative estimate of drug-likeness (QED) is 0.858. The second-order valence-corrected chi connectivity index (χ2v) is 6.08. The third kappa shape index (κ3) is 3.31. The number of carbonyl (C=O) groups is 1. The highest BCUT2D eigenvalue weighted by Gasteiger charge is 2.29. The molecular formula is C15H18N4O2S. The number of hydrogen-bond acceptors (Lipinski definition) is 6. The SMILES string of the molecule is Cc1ncsc1C(=O)N1CCOC[C@H]1CCc1cnccn1. The Bertz CT molecular complexity index is 631. The minimum Gasteiger partial charge on any atom is -0.377 e. The smallest absolute Gasteiger partial charge is 0.266 e. The summed E-state index contributed by atoms with van der Waals surface area (Å²) in [6, 6.07) is 0.0738. The lowest BCUT2D eigenvalue weighted by Gasteiger charge is -2.35. The van der Waals surface area contributed by atoms with E-state index in [0.29, 0.717) is 19.8 Å². The molecule has 2 aromatic heterocycles. The third-order valence-corrected chi connectivity index (χ3v) is 4.70. The second kappa shape index (κ2) is 6.93. The van der Waals surface area contributed by atoms with Gasteiger partial charge in [-0.2, -0.15) is 0 Å². The van der Waals surface area contributed by atoms with E-state index >= 15 is 0 Å². The van der Waals surface area contributed by atoms with Gasteiger partial charge >= 0.3 is 0 Å². The highest BCUT2D eigenvalue weighted by Crippen LogP contribution is 2.20. The zero-order valence-electron chi connectivity index (χ0n) is 12.4. The number of thiazole rings is 1. The molecule has 3 rings (SSSR count). The third-order valence-electron chi connectivity index (χ3n) is 3.78. The molecule has 0 aromatic carbocycles. The lowest BCUT2D eigenvalue weighted by atomic mass is 10.1. The van der Waals surface area contributed by atoms with Gasteiger partial charge in [0, 0.05) is 25.1 Å². The molecule has 0 spiro atoms. The van der Waals surface area contributed by atoms with Crippen molar-refractivity contribution < 1.29 is 9.53 Å². The molecule has 22 heavy (non-hydrogen) atoms. The summed E-state index contributed by atoms with van der Waals surface area (Å²) in [5.74, 6) is 0.0624. The Kier molecular flexibility index (Phi) is 4.74. The van der Waals surface area contributed by atoms with Gasteiger partial charge in [-0.1, -0.05) is 0 Å². The zero-order chi connectivity index (χ0) is 15.4. The van der Waals surface area contributed by atoms with Crippen molar-refractivity contribution in [2.45, 2.75) is 25.8 Å². The number of hydrogen-bond donors (Lipinski definition) is 0. The molecule has 0 bridgehead atoms. The number of rotatable bonds is 4. The van der Waals surface area contributed by atoms with Crippen molar-refractivity contribution in [3.8, 4) is 0 Å². The van der Waals surface area contributed by atoms with Gasteiger partial charge in [-0.05, 0) is 19.8 Å². The number of aryl methyl sites for hydroxylation is 2. The van der Waals surface area contributed by atoms with Crippen LogP contribution >= 0.6 is 11.3 Å². The van der Waals surface area contributed by atoms with E-state index in [4.69, 9.17) is 4.74 Å². The molecule has 7 heteroatoms. The first-order valence-electron chi connectivity index (χ1n) is 7.29. The van der Waals surface area contributed by atoms with Gasteiger partial charge in [-0.3, -0.25) is 14.8 Å². The molecule has 1 fully saturated rings. The van der Waals surface area contributed by atoms with Crippen molar-refractivity contribution in [1.82, 2.24) is 19.9 Å². The molecule has 1 amide bonds. The first kappa shape index (κ1) is 15.1. The highest BCUT2D eigenvalue weighted by molar-refractivity contribution is 7.11. The topological polar surface area (TPSA) is 68.2 Å². The zero-order valence-corrected chi connectivity index (χ0v) is 13.3. The van der Waals surface area contributed by atoms with Crippen molar-refractivity contribution in [2.75, 3.05) is 19.8 Å². The van der Waals surface area contributed by atoms with E-state index in [1.165, 1.54) is 11.3 Å². The number of aromatic nitrogens is 3. The maximum Gasteiger partial charge on any atom is 0.266 e. The first-order valence-corrected chi connectivity index (χ1v) is 8.17. The van der Waals surface area contributed by atoms with Crippen LogP contribution in [0.2, 0.25) is 0 Å². The van der Waals surface area contributed by atoms with E-state index in [1.807, 2.05) is 11.8 Å². The lowest BCUT2D eigenvalue weighted by molar-refractivity contribution is -0.00392. The first-order chi connectivity index (χ1) is 10.8. The van der Waals surface area contributed by atoms with Crippen molar-refractivity contribution in [2.24, 2.45) is 0 Å². The van der Waals surface area contributed by atoms with Gasteiger partial charge in [0.05, 0.1) is 36.2 Å². The number of carbonyl (C=O) groups excluding carboxylic acids is 1. The van der Waals surface area contributed by atoms with Crippen LogP contribution in [0.5, 0.6) is 0 Å². The number of morpholine rings is 1. The van der Waals surface area contributed by atoms with Crippen LogP contribution in [0.25, 0.3) is 0 Å². The van der Waals surface area contributed by atoms with Crippen molar-refractivity contribution in [1.29, 1.82) is 0 Å². The molecule has 3 heterocycles. The van der Waals surface area contributed by atoms with E-state index in [1.54, 1.807) is 24.1 Å². The number of amides is 1. The fraction of sp³-hybridized carbons (Fsp3) is 0.467. The molecule has 1 aliphatic heterocycles. The molecule has 1 aliphatic rings. The van der Waals surface area contributed by atoms with E-state index in [0.717, 1.165) is 29.1 Å². The van der Waals surface area contributed by atoms with Crippen LogP contribution in [0.15, 0.2) is 24.1 Å². The predicted octanol–water partition coefficient (Wildman–Crippen LogP) is 1.72. The van der Waals surface area contributed by atoms with Gasteiger partial charge in [0.25, 0.3) is 5.91 Å². The Morgan fingerprint density at radius 2 is 2.36 bits per heavy atom. The normalized spacial score (nSPS) is 18.4. The van der Waals surface area contributed by atoms with Crippen LogP contribution < -0.4 is 0 Å². The minimum atomic E-state index is 0.0624. The summed E-state index contributed by atoms with van der Waals surface area (Å²) in [5, 5.41) is 0. The van der Waals surface area contributed by atoms with Gasteiger partial charge in [-0.25, -0.2) is 4.98 Å². The van der Waals surface area contributed by atoms with Crippen LogP contribution in [0, 0.1) is 6.92 Å². The van der Waals surface area contributed by atoms with Gasteiger partial charge in [0.15, 0.2) is 0 Å². The maximum atomic E-state index is 12.7. The summed E-state index contributed by atoms with van der Waals surface area (Å²) in [4.78, 5) is 27.9. The number of nitrogens with zero attached hydrogens (tertiary/aromatic N) is 4. The molecule has 0 unspecified atom stereocenters. The summed E-state index contributed by atoms with van der Waals surface area (Å²) in [6.45, 7) is 3.66.